The van der Waals surface area contributed by atoms with E-state index in [0.29, 0.717) is 29.0 Å². The van der Waals surface area contributed by atoms with Crippen LogP contribution in [0.4, 0.5) is 5.69 Å². The predicted molar refractivity (Wildman–Crippen MR) is 125 cm³/mol. The third-order valence-electron chi connectivity index (χ3n) is 4.42. The number of hydrogen-bond donors (Lipinski definition) is 0. The second kappa shape index (κ2) is 9.47. The van der Waals surface area contributed by atoms with Crippen LogP contribution in [0.5, 0.6) is 0 Å². The Morgan fingerprint density at radius 3 is 2.60 bits per heavy atom. The molecule has 1 fully saturated rings. The summed E-state index contributed by atoms with van der Waals surface area (Å²) in [6.07, 6.45) is 1.77. The Morgan fingerprint density at radius 1 is 1.10 bits per heavy atom. The molecule has 0 N–H and O–H groups in total. The summed E-state index contributed by atoms with van der Waals surface area (Å²) in [7, 11) is 1.62. The van der Waals surface area contributed by atoms with Crippen molar-refractivity contribution >= 4 is 50.5 Å². The van der Waals surface area contributed by atoms with Gasteiger partial charge in [0.15, 0.2) is 5.17 Å². The Hall–Kier alpha value is -2.61. The van der Waals surface area contributed by atoms with Gasteiger partial charge in [-0.1, -0.05) is 46.3 Å². The highest BCUT2D eigenvalue weighted by molar-refractivity contribution is 9.10. The minimum atomic E-state index is -0.103. The zero-order chi connectivity index (χ0) is 20.9. The summed E-state index contributed by atoms with van der Waals surface area (Å²) >= 11 is 4.78. The molecule has 0 spiro atoms. The number of methoxy groups -OCH3 is 1. The van der Waals surface area contributed by atoms with E-state index in [1.165, 1.54) is 11.8 Å². The molecule has 0 unspecified atom stereocenters. The molecule has 5 nitrogen and oxygen atoms in total. The van der Waals surface area contributed by atoms with Crippen molar-refractivity contribution in [2.45, 2.75) is 0 Å². The summed E-state index contributed by atoms with van der Waals surface area (Å²) in [5.74, 6) is 1.27. The average Bonchev–Trinajstić information content (AvgIpc) is 3.33. The molecule has 0 aliphatic carbocycles. The van der Waals surface area contributed by atoms with Gasteiger partial charge in [-0.2, -0.15) is 0 Å². The van der Waals surface area contributed by atoms with Gasteiger partial charge < -0.3 is 9.15 Å². The molecule has 7 heteroatoms. The van der Waals surface area contributed by atoms with Crippen LogP contribution >= 0.6 is 27.7 Å². The van der Waals surface area contributed by atoms with Crippen LogP contribution in [-0.4, -0.2) is 36.2 Å². The summed E-state index contributed by atoms with van der Waals surface area (Å²) in [6.45, 7) is 0.871. The molecule has 0 saturated carbocycles. The first kappa shape index (κ1) is 20.7. The number of amidine groups is 1. The third-order valence-corrected chi connectivity index (χ3v) is 5.95. The summed E-state index contributed by atoms with van der Waals surface area (Å²) < 4.78 is 12.1. The number of carbonyl (C=O) groups excluding carboxylic acids is 1. The Labute approximate surface area is 187 Å². The van der Waals surface area contributed by atoms with E-state index in [1.54, 1.807) is 18.1 Å². The summed E-state index contributed by atoms with van der Waals surface area (Å²) in [5, 5.41) is 0.634. The lowest BCUT2D eigenvalue weighted by Gasteiger charge is -2.14. The molecule has 1 amide bonds. The van der Waals surface area contributed by atoms with Crippen LogP contribution in [0.2, 0.25) is 0 Å². The number of rotatable bonds is 6. The number of nitrogens with zero attached hydrogens (tertiary/aromatic N) is 2. The van der Waals surface area contributed by atoms with Gasteiger partial charge >= 0.3 is 0 Å². The highest BCUT2D eigenvalue weighted by atomic mass is 79.9. The summed E-state index contributed by atoms with van der Waals surface area (Å²) in [6, 6.07) is 21.2. The van der Waals surface area contributed by atoms with Gasteiger partial charge in [-0.25, -0.2) is 4.99 Å². The standard InChI is InChI=1S/C23H19BrN2O3S/c1-28-14-13-26-22(27)21(30-23(26)25-18-5-3-2-4-6-18)15-19-11-12-20(29-19)16-7-9-17(24)10-8-16/h2-12,15H,13-14H2,1H3/b21-15+,25-23?. The molecule has 3 aromatic rings. The normalized spacial score (nSPS) is 16.7. The van der Waals surface area contributed by atoms with Crippen molar-refractivity contribution in [1.29, 1.82) is 0 Å². The van der Waals surface area contributed by atoms with Crippen LogP contribution in [0.25, 0.3) is 17.4 Å². The van der Waals surface area contributed by atoms with Crippen LogP contribution in [0.15, 0.2) is 85.5 Å². The van der Waals surface area contributed by atoms with E-state index in [1.807, 2.05) is 66.7 Å². The van der Waals surface area contributed by atoms with Gasteiger partial charge in [0.2, 0.25) is 0 Å². The van der Waals surface area contributed by atoms with E-state index in [-0.39, 0.29) is 5.91 Å². The quantitative estimate of drug-likeness (QED) is 0.406. The van der Waals surface area contributed by atoms with E-state index in [9.17, 15) is 4.79 Å². The SMILES string of the molecule is COCCN1C(=O)/C(=C\c2ccc(-c3ccc(Br)cc3)o2)SC1=Nc1ccccc1. The van der Waals surface area contributed by atoms with Crippen LogP contribution in [-0.2, 0) is 9.53 Å². The number of halogens is 1. The lowest BCUT2D eigenvalue weighted by molar-refractivity contribution is -0.122. The summed E-state index contributed by atoms with van der Waals surface area (Å²) in [4.78, 5) is 19.8. The molecule has 30 heavy (non-hydrogen) atoms. The van der Waals surface area contributed by atoms with Gasteiger partial charge in [0.25, 0.3) is 5.91 Å². The first-order valence-electron chi connectivity index (χ1n) is 9.34. The highest BCUT2D eigenvalue weighted by Crippen LogP contribution is 2.35. The second-order valence-electron chi connectivity index (χ2n) is 6.50. The molecule has 0 atom stereocenters. The molecule has 2 aromatic carbocycles. The van der Waals surface area contributed by atoms with Crippen LogP contribution in [0.3, 0.4) is 0 Å². The molecule has 4 rings (SSSR count). The van der Waals surface area contributed by atoms with Crippen LogP contribution in [0.1, 0.15) is 5.76 Å². The van der Waals surface area contributed by atoms with Gasteiger partial charge in [0, 0.05) is 23.2 Å². The minimum absolute atomic E-state index is 0.103. The molecule has 0 bridgehead atoms. The number of carbonyl (C=O) groups is 1. The first-order chi connectivity index (χ1) is 14.6. The van der Waals surface area contributed by atoms with Crippen LogP contribution < -0.4 is 0 Å². The Bertz CT molecular complexity index is 1090. The van der Waals surface area contributed by atoms with Crippen molar-refractivity contribution in [3.63, 3.8) is 0 Å². The molecule has 1 aromatic heterocycles. The fourth-order valence-corrected chi connectivity index (χ4v) is 4.18. The van der Waals surface area contributed by atoms with E-state index >= 15 is 0 Å². The van der Waals surface area contributed by atoms with Crippen molar-refractivity contribution in [3.8, 4) is 11.3 Å². The molecular formula is C23H19BrN2O3S. The fourth-order valence-electron chi connectivity index (χ4n) is 2.91. The van der Waals surface area contributed by atoms with Crippen molar-refractivity contribution in [2.24, 2.45) is 4.99 Å². The monoisotopic (exact) mass is 482 g/mol. The Balaban J connectivity index is 1.60. The highest BCUT2D eigenvalue weighted by Gasteiger charge is 2.33. The number of thioether (sulfide) groups is 1. The van der Waals surface area contributed by atoms with Gasteiger partial charge in [-0.3, -0.25) is 9.69 Å². The van der Waals surface area contributed by atoms with Crippen molar-refractivity contribution < 1.29 is 13.9 Å². The van der Waals surface area contributed by atoms with Gasteiger partial charge in [0.1, 0.15) is 11.5 Å². The minimum Gasteiger partial charge on any atom is -0.457 e. The Kier molecular flexibility index (Phi) is 6.52. The van der Waals surface area contributed by atoms with Gasteiger partial charge in [-0.15, -0.1) is 0 Å². The summed E-state index contributed by atoms with van der Waals surface area (Å²) in [5.41, 5.74) is 1.77. The average molecular weight is 483 g/mol. The maximum absolute atomic E-state index is 13.0. The number of amides is 1. The fraction of sp³-hybridized carbons (Fsp3) is 0.130. The number of furan rings is 1. The van der Waals surface area contributed by atoms with Crippen molar-refractivity contribution in [1.82, 2.24) is 4.90 Å². The lowest BCUT2D eigenvalue weighted by Crippen LogP contribution is -2.32. The van der Waals surface area contributed by atoms with E-state index in [0.717, 1.165) is 21.5 Å². The second-order valence-corrected chi connectivity index (χ2v) is 8.42. The molecule has 1 aliphatic heterocycles. The lowest BCUT2D eigenvalue weighted by atomic mass is 10.2. The number of hydrogen-bond acceptors (Lipinski definition) is 5. The topological polar surface area (TPSA) is 55.0 Å². The van der Waals surface area contributed by atoms with Gasteiger partial charge in [-0.05, 0) is 48.2 Å². The zero-order valence-corrected chi connectivity index (χ0v) is 18.7. The Morgan fingerprint density at radius 2 is 1.87 bits per heavy atom. The van der Waals surface area contributed by atoms with Crippen LogP contribution in [0, 0.1) is 0 Å². The molecule has 1 saturated heterocycles. The van der Waals surface area contributed by atoms with E-state index in [2.05, 4.69) is 20.9 Å². The number of benzene rings is 2. The number of ether oxygens (including phenoxy) is 1. The molecule has 1 aliphatic rings. The van der Waals surface area contributed by atoms with E-state index < -0.39 is 0 Å². The molecule has 152 valence electrons. The van der Waals surface area contributed by atoms with E-state index in [4.69, 9.17) is 9.15 Å². The molecular weight excluding hydrogens is 464 g/mol. The smallest absolute Gasteiger partial charge is 0.266 e. The first-order valence-corrected chi connectivity index (χ1v) is 10.9. The molecule has 2 heterocycles. The maximum Gasteiger partial charge on any atom is 0.266 e. The van der Waals surface area contributed by atoms with Crippen molar-refractivity contribution in [2.75, 3.05) is 20.3 Å². The maximum atomic E-state index is 13.0. The zero-order valence-electron chi connectivity index (χ0n) is 16.2. The predicted octanol–water partition coefficient (Wildman–Crippen LogP) is 5.96. The van der Waals surface area contributed by atoms with Crippen molar-refractivity contribution in [3.05, 3.63) is 81.9 Å². The molecule has 0 radical (unpaired) electrons. The largest absolute Gasteiger partial charge is 0.457 e. The third kappa shape index (κ3) is 4.75. The van der Waals surface area contributed by atoms with Gasteiger partial charge in [0.05, 0.1) is 23.7 Å². The number of aliphatic imine (C=N–C) groups is 1. The number of para-hydroxylation sites is 1.